The number of hydrogen-bond donors (Lipinski definition) is 1. The summed E-state index contributed by atoms with van der Waals surface area (Å²) in [4.78, 5) is 0. The van der Waals surface area contributed by atoms with E-state index in [9.17, 15) is 0 Å². The Bertz CT molecular complexity index is 825. The van der Waals surface area contributed by atoms with Gasteiger partial charge in [-0.3, -0.25) is 0 Å². The summed E-state index contributed by atoms with van der Waals surface area (Å²) in [6.45, 7) is 1.35. The van der Waals surface area contributed by atoms with Gasteiger partial charge in [0.15, 0.2) is 0 Å². The van der Waals surface area contributed by atoms with E-state index in [1.54, 1.807) is 0 Å². The lowest BCUT2D eigenvalue weighted by atomic mass is 10.00. The summed E-state index contributed by atoms with van der Waals surface area (Å²) in [6.07, 6.45) is 0. The molecule has 0 radical (unpaired) electrons. The predicted molar refractivity (Wildman–Crippen MR) is 82.2 cm³/mol. The Morgan fingerprint density at radius 1 is 1.00 bits per heavy atom. The standard InChI is InChI=1S/C17H14ClNO2/c18-14-3-4-15-12(6-14)7-16(21-15)17(19)10-1-2-11-8-20-9-13(11)5-10/h1-7,17H,8-9,19H2. The van der Waals surface area contributed by atoms with Gasteiger partial charge in [0.25, 0.3) is 0 Å². The maximum atomic E-state index is 6.34. The number of furan rings is 1. The van der Waals surface area contributed by atoms with Gasteiger partial charge in [0.1, 0.15) is 11.3 Å². The van der Waals surface area contributed by atoms with Gasteiger partial charge >= 0.3 is 0 Å². The van der Waals surface area contributed by atoms with E-state index in [0.717, 1.165) is 22.3 Å². The molecule has 1 aliphatic heterocycles. The largest absolute Gasteiger partial charge is 0.459 e. The molecule has 0 saturated heterocycles. The highest BCUT2D eigenvalue weighted by atomic mass is 35.5. The SMILES string of the molecule is NC(c1ccc2c(c1)COC2)c1cc2cc(Cl)ccc2o1. The van der Waals surface area contributed by atoms with Gasteiger partial charge in [-0.25, -0.2) is 0 Å². The van der Waals surface area contributed by atoms with E-state index in [2.05, 4.69) is 12.1 Å². The van der Waals surface area contributed by atoms with Crippen LogP contribution in [0.3, 0.4) is 0 Å². The highest BCUT2D eigenvalue weighted by Gasteiger charge is 2.18. The minimum atomic E-state index is -0.290. The molecule has 21 heavy (non-hydrogen) atoms. The van der Waals surface area contributed by atoms with Crippen LogP contribution in [0.1, 0.15) is 28.5 Å². The normalized spacial score (nSPS) is 15.3. The molecule has 0 saturated carbocycles. The molecule has 2 N–H and O–H groups in total. The Labute approximate surface area is 127 Å². The molecule has 1 aromatic heterocycles. The van der Waals surface area contributed by atoms with Gasteiger partial charge in [-0.05, 0) is 41.0 Å². The van der Waals surface area contributed by atoms with E-state index in [-0.39, 0.29) is 6.04 Å². The van der Waals surface area contributed by atoms with Crippen molar-refractivity contribution < 1.29 is 9.15 Å². The van der Waals surface area contributed by atoms with Crippen LogP contribution in [-0.2, 0) is 18.0 Å². The van der Waals surface area contributed by atoms with Crippen LogP contribution >= 0.6 is 11.6 Å². The molecule has 0 aliphatic carbocycles. The van der Waals surface area contributed by atoms with Crippen LogP contribution in [0, 0.1) is 0 Å². The smallest absolute Gasteiger partial charge is 0.134 e. The number of nitrogens with two attached hydrogens (primary N) is 1. The van der Waals surface area contributed by atoms with Gasteiger partial charge in [-0.15, -0.1) is 0 Å². The van der Waals surface area contributed by atoms with Crippen LogP contribution in [0.15, 0.2) is 46.9 Å². The maximum absolute atomic E-state index is 6.34. The van der Waals surface area contributed by atoms with Crippen molar-refractivity contribution in [2.45, 2.75) is 19.3 Å². The second kappa shape index (κ2) is 4.88. The second-order valence-corrected chi connectivity index (χ2v) is 5.77. The summed E-state index contributed by atoms with van der Waals surface area (Å²) in [5.41, 5.74) is 10.6. The van der Waals surface area contributed by atoms with Gasteiger partial charge in [-0.2, -0.15) is 0 Å². The van der Waals surface area contributed by atoms with Gasteiger partial charge < -0.3 is 14.9 Å². The van der Waals surface area contributed by atoms with Crippen molar-refractivity contribution in [1.29, 1.82) is 0 Å². The lowest BCUT2D eigenvalue weighted by molar-refractivity contribution is 0.134. The van der Waals surface area contributed by atoms with E-state index < -0.39 is 0 Å². The topological polar surface area (TPSA) is 48.4 Å². The van der Waals surface area contributed by atoms with E-state index >= 15 is 0 Å². The molecule has 2 heterocycles. The first-order chi connectivity index (χ1) is 10.2. The minimum absolute atomic E-state index is 0.290. The molecular formula is C17H14ClNO2. The van der Waals surface area contributed by atoms with Crippen LogP contribution in [0.4, 0.5) is 0 Å². The molecule has 4 heteroatoms. The third-order valence-electron chi connectivity index (χ3n) is 3.91. The Balaban J connectivity index is 1.73. The predicted octanol–water partition coefficient (Wildman–Crippen LogP) is 4.16. The molecule has 0 spiro atoms. The summed E-state index contributed by atoms with van der Waals surface area (Å²) < 4.78 is 11.3. The quantitative estimate of drug-likeness (QED) is 0.773. The lowest BCUT2D eigenvalue weighted by Gasteiger charge is -2.10. The molecular weight excluding hydrogens is 286 g/mol. The first-order valence-electron chi connectivity index (χ1n) is 6.85. The fourth-order valence-electron chi connectivity index (χ4n) is 2.74. The molecule has 106 valence electrons. The zero-order chi connectivity index (χ0) is 14.4. The number of hydrogen-bond acceptors (Lipinski definition) is 3. The molecule has 4 rings (SSSR count). The lowest BCUT2D eigenvalue weighted by Crippen LogP contribution is -2.11. The summed E-state index contributed by atoms with van der Waals surface area (Å²) >= 11 is 6.00. The molecule has 2 aromatic carbocycles. The zero-order valence-corrected chi connectivity index (χ0v) is 12.1. The summed E-state index contributed by atoms with van der Waals surface area (Å²) in [6, 6.07) is 13.5. The van der Waals surface area contributed by atoms with Crippen LogP contribution in [0.25, 0.3) is 11.0 Å². The van der Waals surface area contributed by atoms with E-state index in [4.69, 9.17) is 26.5 Å². The summed E-state index contributed by atoms with van der Waals surface area (Å²) in [7, 11) is 0. The molecule has 0 bridgehead atoms. The Hall–Kier alpha value is -1.81. The number of benzene rings is 2. The third kappa shape index (κ3) is 2.23. The fourth-order valence-corrected chi connectivity index (χ4v) is 2.92. The van der Waals surface area contributed by atoms with Crippen molar-refractivity contribution >= 4 is 22.6 Å². The second-order valence-electron chi connectivity index (χ2n) is 5.33. The number of fused-ring (bicyclic) bond motifs is 2. The first kappa shape index (κ1) is 12.9. The van der Waals surface area contributed by atoms with Crippen molar-refractivity contribution in [2.24, 2.45) is 5.73 Å². The molecule has 0 amide bonds. The van der Waals surface area contributed by atoms with Crippen molar-refractivity contribution in [1.82, 2.24) is 0 Å². The Kier molecular flexibility index (Phi) is 3.00. The highest BCUT2D eigenvalue weighted by Crippen LogP contribution is 2.30. The minimum Gasteiger partial charge on any atom is -0.459 e. The molecule has 1 unspecified atom stereocenters. The molecule has 1 aliphatic rings. The monoisotopic (exact) mass is 299 g/mol. The molecule has 0 fully saturated rings. The third-order valence-corrected chi connectivity index (χ3v) is 4.14. The average Bonchev–Trinajstić information content (AvgIpc) is 3.11. The van der Waals surface area contributed by atoms with Gasteiger partial charge in [0.05, 0.1) is 19.3 Å². The molecule has 3 aromatic rings. The van der Waals surface area contributed by atoms with Gasteiger partial charge in [0.2, 0.25) is 0 Å². The Morgan fingerprint density at radius 3 is 2.76 bits per heavy atom. The van der Waals surface area contributed by atoms with Crippen molar-refractivity contribution in [3.8, 4) is 0 Å². The highest BCUT2D eigenvalue weighted by molar-refractivity contribution is 6.31. The van der Waals surface area contributed by atoms with E-state index in [1.165, 1.54) is 11.1 Å². The first-order valence-corrected chi connectivity index (χ1v) is 7.22. The maximum Gasteiger partial charge on any atom is 0.134 e. The van der Waals surface area contributed by atoms with Gasteiger partial charge in [-0.1, -0.05) is 29.8 Å². The fraction of sp³-hybridized carbons (Fsp3) is 0.176. The van der Waals surface area contributed by atoms with Crippen LogP contribution < -0.4 is 5.73 Å². The van der Waals surface area contributed by atoms with Crippen LogP contribution in [-0.4, -0.2) is 0 Å². The van der Waals surface area contributed by atoms with Crippen molar-refractivity contribution in [3.63, 3.8) is 0 Å². The zero-order valence-electron chi connectivity index (χ0n) is 11.3. The number of ether oxygens (including phenoxy) is 1. The van der Waals surface area contributed by atoms with Crippen molar-refractivity contribution in [2.75, 3.05) is 0 Å². The Morgan fingerprint density at radius 2 is 1.86 bits per heavy atom. The summed E-state index contributed by atoms with van der Waals surface area (Å²) in [5.74, 6) is 0.742. The van der Waals surface area contributed by atoms with Crippen LogP contribution in [0.2, 0.25) is 5.02 Å². The van der Waals surface area contributed by atoms with E-state index in [0.29, 0.717) is 18.2 Å². The summed E-state index contributed by atoms with van der Waals surface area (Å²) in [5, 5.41) is 1.66. The number of rotatable bonds is 2. The van der Waals surface area contributed by atoms with Crippen LogP contribution in [0.5, 0.6) is 0 Å². The molecule has 1 atom stereocenters. The van der Waals surface area contributed by atoms with E-state index in [1.807, 2.05) is 30.3 Å². The number of halogens is 1. The van der Waals surface area contributed by atoms with Gasteiger partial charge in [0, 0.05) is 10.4 Å². The molecule has 3 nitrogen and oxygen atoms in total. The average molecular weight is 300 g/mol. The van der Waals surface area contributed by atoms with Crippen molar-refractivity contribution in [3.05, 3.63) is 69.9 Å².